The lowest BCUT2D eigenvalue weighted by Crippen LogP contribution is -2.28. The van der Waals surface area contributed by atoms with Crippen LogP contribution in [0, 0.1) is 0 Å². The molecule has 1 aliphatic heterocycles. The van der Waals surface area contributed by atoms with Gasteiger partial charge in [0.15, 0.2) is 6.29 Å². The van der Waals surface area contributed by atoms with E-state index in [-0.39, 0.29) is 12.4 Å². The third kappa shape index (κ3) is 7.14. The first-order valence-corrected chi connectivity index (χ1v) is 9.01. The molecule has 4 heteroatoms. The van der Waals surface area contributed by atoms with Crippen LogP contribution in [-0.4, -0.2) is 36.8 Å². The first-order valence-electron chi connectivity index (χ1n) is 9.01. The average molecular weight is 334 g/mol. The van der Waals surface area contributed by atoms with Gasteiger partial charge in [-0.1, -0.05) is 49.4 Å². The monoisotopic (exact) mass is 334 g/mol. The van der Waals surface area contributed by atoms with Crippen LogP contribution < -0.4 is 0 Å². The fraction of sp³-hybridized carbons (Fsp3) is 0.600. The molecule has 4 nitrogen and oxygen atoms in total. The zero-order chi connectivity index (χ0) is 17.0. The van der Waals surface area contributed by atoms with Crippen molar-refractivity contribution >= 4 is 0 Å². The summed E-state index contributed by atoms with van der Waals surface area (Å²) < 4.78 is 17.1. The molecule has 0 spiro atoms. The molecular formula is C20H30O4. The number of aliphatic hydroxyl groups is 1. The quantitative estimate of drug-likeness (QED) is 0.661. The minimum absolute atomic E-state index is 0.0604. The Hall–Kier alpha value is -1.20. The molecule has 0 bridgehead atoms. The van der Waals surface area contributed by atoms with Crippen LogP contribution in [0.3, 0.4) is 0 Å². The van der Waals surface area contributed by atoms with Gasteiger partial charge in [0.05, 0.1) is 25.4 Å². The largest absolute Gasteiger partial charge is 0.390 e. The Morgan fingerprint density at radius 2 is 2.08 bits per heavy atom. The molecule has 1 fully saturated rings. The van der Waals surface area contributed by atoms with Crippen molar-refractivity contribution in [1.82, 2.24) is 0 Å². The van der Waals surface area contributed by atoms with E-state index in [2.05, 4.69) is 0 Å². The zero-order valence-corrected chi connectivity index (χ0v) is 14.6. The van der Waals surface area contributed by atoms with E-state index in [1.807, 2.05) is 49.4 Å². The Labute approximate surface area is 145 Å². The van der Waals surface area contributed by atoms with Crippen LogP contribution in [0.25, 0.3) is 0 Å². The molecule has 0 saturated carbocycles. The summed E-state index contributed by atoms with van der Waals surface area (Å²) in [7, 11) is 0. The average Bonchev–Trinajstić information content (AvgIpc) is 2.65. The third-order valence-electron chi connectivity index (χ3n) is 4.21. The third-order valence-corrected chi connectivity index (χ3v) is 4.21. The van der Waals surface area contributed by atoms with Gasteiger partial charge in [-0.2, -0.15) is 0 Å². The van der Waals surface area contributed by atoms with Crippen molar-refractivity contribution in [2.24, 2.45) is 0 Å². The summed E-state index contributed by atoms with van der Waals surface area (Å²) in [5, 5.41) is 10.1. The van der Waals surface area contributed by atoms with Crippen LogP contribution in [0.4, 0.5) is 0 Å². The van der Waals surface area contributed by atoms with Crippen molar-refractivity contribution in [1.29, 1.82) is 0 Å². The summed E-state index contributed by atoms with van der Waals surface area (Å²) in [5.41, 5.74) is 1.12. The number of hydrogen-bond acceptors (Lipinski definition) is 4. The fourth-order valence-corrected chi connectivity index (χ4v) is 2.68. The molecule has 0 aromatic heterocycles. The second-order valence-corrected chi connectivity index (χ2v) is 6.15. The van der Waals surface area contributed by atoms with Crippen LogP contribution in [0.15, 0.2) is 42.5 Å². The molecule has 1 N–H and O–H groups in total. The van der Waals surface area contributed by atoms with E-state index in [0.29, 0.717) is 26.1 Å². The number of aliphatic hydroxyl groups excluding tert-OH is 1. The molecule has 24 heavy (non-hydrogen) atoms. The summed E-state index contributed by atoms with van der Waals surface area (Å²) in [6, 6.07) is 10.0. The molecule has 2 rings (SSSR count). The van der Waals surface area contributed by atoms with E-state index in [0.717, 1.165) is 25.0 Å². The maximum absolute atomic E-state index is 10.1. The molecule has 0 radical (unpaired) electrons. The lowest BCUT2D eigenvalue weighted by Gasteiger charge is -2.22. The van der Waals surface area contributed by atoms with Gasteiger partial charge in [-0.3, -0.25) is 0 Å². The highest BCUT2D eigenvalue weighted by atomic mass is 16.7. The Balaban J connectivity index is 1.70. The summed E-state index contributed by atoms with van der Waals surface area (Å²) in [6.07, 6.45) is 7.93. The van der Waals surface area contributed by atoms with Gasteiger partial charge in [0.25, 0.3) is 0 Å². The topological polar surface area (TPSA) is 47.9 Å². The number of ether oxygens (including phenoxy) is 3. The second kappa shape index (κ2) is 11.4. The zero-order valence-electron chi connectivity index (χ0n) is 14.6. The molecule has 134 valence electrons. The Bertz CT molecular complexity index is 454. The van der Waals surface area contributed by atoms with Crippen molar-refractivity contribution in [3.05, 3.63) is 48.0 Å². The SMILES string of the molecule is CC[C@@H](O)[C@@H](C/C=C\COC1CCCCO1)OCc1ccccc1. The lowest BCUT2D eigenvalue weighted by atomic mass is 10.1. The molecule has 0 amide bonds. The van der Waals surface area contributed by atoms with Gasteiger partial charge in [0.2, 0.25) is 0 Å². The van der Waals surface area contributed by atoms with Gasteiger partial charge in [0.1, 0.15) is 0 Å². The van der Waals surface area contributed by atoms with E-state index < -0.39 is 6.10 Å². The predicted molar refractivity (Wildman–Crippen MR) is 94.6 cm³/mol. The smallest absolute Gasteiger partial charge is 0.157 e. The maximum Gasteiger partial charge on any atom is 0.157 e. The van der Waals surface area contributed by atoms with E-state index in [1.54, 1.807) is 0 Å². The highest BCUT2D eigenvalue weighted by Crippen LogP contribution is 2.14. The summed E-state index contributed by atoms with van der Waals surface area (Å²) in [5.74, 6) is 0. The highest BCUT2D eigenvalue weighted by Gasteiger charge is 2.17. The molecular weight excluding hydrogens is 304 g/mol. The summed E-state index contributed by atoms with van der Waals surface area (Å²) in [4.78, 5) is 0. The fourth-order valence-electron chi connectivity index (χ4n) is 2.68. The first kappa shape index (κ1) is 19.1. The van der Waals surface area contributed by atoms with Crippen LogP contribution in [0.5, 0.6) is 0 Å². The number of rotatable bonds is 10. The minimum atomic E-state index is -0.457. The second-order valence-electron chi connectivity index (χ2n) is 6.15. The minimum Gasteiger partial charge on any atom is -0.390 e. The first-order chi connectivity index (χ1) is 11.8. The van der Waals surface area contributed by atoms with Gasteiger partial charge >= 0.3 is 0 Å². The summed E-state index contributed by atoms with van der Waals surface area (Å²) in [6.45, 7) is 3.82. The van der Waals surface area contributed by atoms with E-state index in [9.17, 15) is 5.11 Å². The molecule has 1 aromatic rings. The van der Waals surface area contributed by atoms with Gasteiger partial charge in [-0.25, -0.2) is 0 Å². The van der Waals surface area contributed by atoms with Gasteiger partial charge in [0, 0.05) is 6.61 Å². The van der Waals surface area contributed by atoms with E-state index in [4.69, 9.17) is 14.2 Å². The molecule has 1 unspecified atom stereocenters. The molecule has 0 aliphatic carbocycles. The van der Waals surface area contributed by atoms with Crippen molar-refractivity contribution < 1.29 is 19.3 Å². The molecule has 1 saturated heterocycles. The predicted octanol–water partition coefficient (Wildman–Crippen LogP) is 3.83. The van der Waals surface area contributed by atoms with Gasteiger partial charge < -0.3 is 19.3 Å². The van der Waals surface area contributed by atoms with Crippen molar-refractivity contribution in [2.75, 3.05) is 13.2 Å². The standard InChI is InChI=1S/C20H30O4/c1-2-18(21)19(24-16-17-10-4-3-5-11-17)12-6-8-14-22-20-13-7-9-15-23-20/h3-6,8,10-11,18-21H,2,7,9,12-16H2,1H3/b8-6-/t18-,19-,20?/m1/s1. The number of benzene rings is 1. The molecule has 1 aliphatic rings. The van der Waals surface area contributed by atoms with Crippen molar-refractivity contribution in [3.63, 3.8) is 0 Å². The molecule has 3 atom stereocenters. The van der Waals surface area contributed by atoms with Crippen LogP contribution >= 0.6 is 0 Å². The van der Waals surface area contributed by atoms with E-state index >= 15 is 0 Å². The lowest BCUT2D eigenvalue weighted by molar-refractivity contribution is -0.155. The van der Waals surface area contributed by atoms with Crippen molar-refractivity contribution in [2.45, 2.75) is 64.1 Å². The maximum atomic E-state index is 10.1. The normalized spacial score (nSPS) is 21.0. The van der Waals surface area contributed by atoms with Gasteiger partial charge in [-0.15, -0.1) is 0 Å². The van der Waals surface area contributed by atoms with Crippen LogP contribution in [0.1, 0.15) is 44.6 Å². The van der Waals surface area contributed by atoms with Crippen LogP contribution in [-0.2, 0) is 20.8 Å². The van der Waals surface area contributed by atoms with Crippen molar-refractivity contribution in [3.8, 4) is 0 Å². The highest BCUT2D eigenvalue weighted by molar-refractivity contribution is 5.13. The summed E-state index contributed by atoms with van der Waals surface area (Å²) >= 11 is 0. The van der Waals surface area contributed by atoms with Crippen LogP contribution in [0.2, 0.25) is 0 Å². The Morgan fingerprint density at radius 3 is 2.79 bits per heavy atom. The Morgan fingerprint density at radius 1 is 1.25 bits per heavy atom. The van der Waals surface area contributed by atoms with E-state index in [1.165, 1.54) is 6.42 Å². The Kier molecular flexibility index (Phi) is 9.06. The number of hydrogen-bond donors (Lipinski definition) is 1. The van der Waals surface area contributed by atoms with Gasteiger partial charge in [-0.05, 0) is 37.7 Å². The molecule has 1 aromatic carbocycles. The molecule has 1 heterocycles.